The maximum atomic E-state index is 12.8. The van der Waals surface area contributed by atoms with Gasteiger partial charge in [-0.3, -0.25) is 9.59 Å². The van der Waals surface area contributed by atoms with Gasteiger partial charge in [0.15, 0.2) is 12.3 Å². The monoisotopic (exact) mass is 459 g/mol. The second-order valence-electron chi connectivity index (χ2n) is 8.28. The van der Waals surface area contributed by atoms with E-state index in [-0.39, 0.29) is 30.2 Å². The summed E-state index contributed by atoms with van der Waals surface area (Å²) >= 11 is 0. The van der Waals surface area contributed by atoms with Crippen molar-refractivity contribution in [1.82, 2.24) is 15.2 Å². The Balaban J connectivity index is 1.56. The van der Waals surface area contributed by atoms with Crippen molar-refractivity contribution < 1.29 is 18.7 Å². The van der Waals surface area contributed by atoms with Gasteiger partial charge < -0.3 is 19.4 Å². The summed E-state index contributed by atoms with van der Waals surface area (Å²) < 4.78 is 11.3. The molecule has 7 heteroatoms. The number of amides is 2. The number of aromatic nitrogens is 1. The van der Waals surface area contributed by atoms with Crippen LogP contribution in [-0.4, -0.2) is 34.8 Å². The van der Waals surface area contributed by atoms with Crippen LogP contribution in [0.4, 0.5) is 0 Å². The maximum absolute atomic E-state index is 12.8. The lowest BCUT2D eigenvalue weighted by Crippen LogP contribution is -2.40. The van der Waals surface area contributed by atoms with Gasteiger partial charge in [0.1, 0.15) is 12.0 Å². The highest BCUT2D eigenvalue weighted by Gasteiger charge is 2.31. The lowest BCUT2D eigenvalue weighted by Gasteiger charge is -2.38. The number of hydrogen-bond acceptors (Lipinski definition) is 5. The Morgan fingerprint density at radius 3 is 2.79 bits per heavy atom. The Morgan fingerprint density at radius 1 is 1.26 bits per heavy atom. The van der Waals surface area contributed by atoms with E-state index in [9.17, 15) is 9.59 Å². The first-order valence-electron chi connectivity index (χ1n) is 11.4. The zero-order valence-corrected chi connectivity index (χ0v) is 19.5. The van der Waals surface area contributed by atoms with E-state index >= 15 is 0 Å². The molecule has 1 aromatic heterocycles. The first kappa shape index (κ1) is 23.3. The van der Waals surface area contributed by atoms with E-state index in [1.54, 1.807) is 6.08 Å². The molecule has 0 saturated carbocycles. The van der Waals surface area contributed by atoms with Crippen LogP contribution in [0.5, 0.6) is 5.75 Å². The molecule has 0 spiro atoms. The van der Waals surface area contributed by atoms with Crippen molar-refractivity contribution in [2.24, 2.45) is 0 Å². The quantitative estimate of drug-likeness (QED) is 0.506. The number of fused-ring (bicyclic) bond motifs is 1. The molecule has 1 unspecified atom stereocenters. The summed E-state index contributed by atoms with van der Waals surface area (Å²) in [6.07, 6.45) is 4.16. The number of nitrogens with zero attached hydrogens (tertiary/aromatic N) is 2. The molecule has 1 aliphatic heterocycles. The third kappa shape index (κ3) is 5.03. The van der Waals surface area contributed by atoms with Gasteiger partial charge in [-0.2, -0.15) is 0 Å². The van der Waals surface area contributed by atoms with Crippen molar-refractivity contribution in [1.29, 1.82) is 0 Å². The van der Waals surface area contributed by atoms with Gasteiger partial charge in [-0.15, -0.1) is 6.58 Å². The second-order valence-corrected chi connectivity index (χ2v) is 8.28. The van der Waals surface area contributed by atoms with Gasteiger partial charge in [0.2, 0.25) is 11.8 Å². The smallest absolute Gasteiger partial charge is 0.273 e. The molecule has 7 nitrogen and oxygen atoms in total. The minimum absolute atomic E-state index is 0.0837. The van der Waals surface area contributed by atoms with Crippen LogP contribution in [0.25, 0.3) is 0 Å². The van der Waals surface area contributed by atoms with Crippen molar-refractivity contribution in [2.75, 3.05) is 13.1 Å². The van der Waals surface area contributed by atoms with Crippen LogP contribution in [-0.2, 0) is 17.8 Å². The summed E-state index contributed by atoms with van der Waals surface area (Å²) in [6.45, 7) is 8.64. The largest absolute Gasteiger partial charge is 0.484 e. The summed E-state index contributed by atoms with van der Waals surface area (Å²) in [7, 11) is 0. The second kappa shape index (κ2) is 10.4. The number of ether oxygens (including phenoxy) is 1. The highest BCUT2D eigenvalue weighted by atomic mass is 16.5. The van der Waals surface area contributed by atoms with Gasteiger partial charge in [-0.05, 0) is 42.2 Å². The van der Waals surface area contributed by atoms with Crippen molar-refractivity contribution in [3.05, 3.63) is 95.2 Å². The molecule has 0 fully saturated rings. The van der Waals surface area contributed by atoms with E-state index in [1.807, 2.05) is 24.0 Å². The minimum Gasteiger partial charge on any atom is -0.484 e. The molecule has 0 aliphatic carbocycles. The topological polar surface area (TPSA) is 84.7 Å². The standard InChI is InChI=1S/C27H29N3O4/c1-4-13-28-27(32)23-16-34-24(29-23)17-33-21-11-10-19-12-14-30(25(31)5-2)26(22(19)15-21)20-8-6-18(3)7-9-20/h4,6-11,15-16,26H,1,5,12-14,17H2,2-3H3,(H,28,32). The molecule has 1 aliphatic rings. The number of rotatable bonds is 8. The lowest BCUT2D eigenvalue weighted by molar-refractivity contribution is -0.132. The van der Waals surface area contributed by atoms with Crippen molar-refractivity contribution in [3.8, 4) is 5.75 Å². The zero-order valence-electron chi connectivity index (χ0n) is 19.5. The number of hydrogen-bond donors (Lipinski definition) is 1. The van der Waals surface area contributed by atoms with Gasteiger partial charge in [0.05, 0.1) is 6.04 Å². The Kier molecular flexibility index (Phi) is 7.11. The van der Waals surface area contributed by atoms with Crippen molar-refractivity contribution in [3.63, 3.8) is 0 Å². The van der Waals surface area contributed by atoms with Crippen LogP contribution in [0.2, 0.25) is 0 Å². The summed E-state index contributed by atoms with van der Waals surface area (Å²) in [5.74, 6) is 0.756. The third-order valence-corrected chi connectivity index (χ3v) is 5.92. The normalized spacial score (nSPS) is 14.9. The number of nitrogens with one attached hydrogen (secondary N) is 1. The SMILES string of the molecule is C=CCNC(=O)c1coc(COc2ccc3c(c2)C(c2ccc(C)cc2)N(C(=O)CC)CC3)n1. The molecule has 2 heterocycles. The third-order valence-electron chi connectivity index (χ3n) is 5.92. The summed E-state index contributed by atoms with van der Waals surface area (Å²) in [5.41, 5.74) is 4.71. The Hall–Kier alpha value is -3.87. The van der Waals surface area contributed by atoms with Crippen LogP contribution < -0.4 is 10.1 Å². The number of carbonyl (C=O) groups excluding carboxylic acids is 2. The van der Waals surface area contributed by atoms with Crippen molar-refractivity contribution in [2.45, 2.75) is 39.3 Å². The Labute approximate surface area is 199 Å². The minimum atomic E-state index is -0.328. The van der Waals surface area contributed by atoms with E-state index in [0.717, 1.165) is 17.5 Å². The predicted molar refractivity (Wildman–Crippen MR) is 129 cm³/mol. The molecule has 0 saturated heterocycles. The summed E-state index contributed by atoms with van der Waals surface area (Å²) in [4.78, 5) is 30.9. The molecule has 3 aromatic rings. The summed E-state index contributed by atoms with van der Waals surface area (Å²) in [5, 5.41) is 2.66. The number of carbonyl (C=O) groups is 2. The molecule has 0 radical (unpaired) electrons. The average Bonchev–Trinajstić information content (AvgIpc) is 3.34. The highest BCUT2D eigenvalue weighted by Crippen LogP contribution is 2.37. The number of benzene rings is 2. The molecule has 0 bridgehead atoms. The summed E-state index contributed by atoms with van der Waals surface area (Å²) in [6, 6.07) is 14.1. The van der Waals surface area contributed by atoms with Crippen LogP contribution in [0.15, 0.2) is 65.8 Å². The Bertz CT molecular complexity index is 1180. The first-order chi connectivity index (χ1) is 16.5. The van der Waals surface area contributed by atoms with E-state index < -0.39 is 0 Å². The zero-order chi connectivity index (χ0) is 24.1. The average molecular weight is 460 g/mol. The maximum Gasteiger partial charge on any atom is 0.273 e. The first-order valence-corrected chi connectivity index (χ1v) is 11.4. The molecule has 1 atom stereocenters. The molecule has 2 aromatic carbocycles. The molecular weight excluding hydrogens is 430 g/mol. The van der Waals surface area contributed by atoms with Gasteiger partial charge in [-0.25, -0.2) is 4.98 Å². The van der Waals surface area contributed by atoms with Gasteiger partial charge in [0, 0.05) is 19.5 Å². The van der Waals surface area contributed by atoms with Crippen LogP contribution in [0.3, 0.4) is 0 Å². The fraction of sp³-hybridized carbons (Fsp3) is 0.296. The van der Waals surface area contributed by atoms with Gasteiger partial charge in [-0.1, -0.05) is 48.9 Å². The fourth-order valence-electron chi connectivity index (χ4n) is 4.14. The molecule has 34 heavy (non-hydrogen) atoms. The molecular formula is C27H29N3O4. The van der Waals surface area contributed by atoms with Gasteiger partial charge >= 0.3 is 0 Å². The number of aryl methyl sites for hydroxylation is 1. The fourth-order valence-corrected chi connectivity index (χ4v) is 4.14. The predicted octanol–water partition coefficient (Wildman–Crippen LogP) is 4.36. The van der Waals surface area contributed by atoms with E-state index in [1.165, 1.54) is 17.4 Å². The molecule has 176 valence electrons. The lowest BCUT2D eigenvalue weighted by atomic mass is 9.87. The van der Waals surface area contributed by atoms with Crippen molar-refractivity contribution >= 4 is 11.8 Å². The van der Waals surface area contributed by atoms with Crippen LogP contribution >= 0.6 is 0 Å². The highest BCUT2D eigenvalue weighted by molar-refractivity contribution is 5.91. The molecule has 1 N–H and O–H groups in total. The van der Waals surface area contributed by atoms with Gasteiger partial charge in [0.25, 0.3) is 5.91 Å². The van der Waals surface area contributed by atoms with Crippen LogP contribution in [0, 0.1) is 6.92 Å². The Morgan fingerprint density at radius 2 is 2.06 bits per heavy atom. The molecule has 4 rings (SSSR count). The van der Waals surface area contributed by atoms with E-state index in [2.05, 4.69) is 54.1 Å². The number of oxazole rings is 1. The molecule has 2 amide bonds. The van der Waals surface area contributed by atoms with E-state index in [0.29, 0.717) is 31.2 Å². The van der Waals surface area contributed by atoms with E-state index in [4.69, 9.17) is 9.15 Å². The van der Waals surface area contributed by atoms with Crippen LogP contribution in [0.1, 0.15) is 58.0 Å².